The van der Waals surface area contributed by atoms with Gasteiger partial charge in [-0.15, -0.1) is 0 Å². The summed E-state index contributed by atoms with van der Waals surface area (Å²) < 4.78 is 0. The average Bonchev–Trinajstić information content (AvgIpc) is 3.13. The number of nitrogens with zero attached hydrogens (tertiary/aromatic N) is 1. The Kier molecular flexibility index (Phi) is 9.02. The van der Waals surface area contributed by atoms with E-state index < -0.39 is 52.7 Å². The number of likely N-dealkylation sites (tertiary alicyclic amines) is 1. The summed E-state index contributed by atoms with van der Waals surface area (Å²) >= 11 is 0. The van der Waals surface area contributed by atoms with Crippen LogP contribution >= 0.6 is 0 Å². The van der Waals surface area contributed by atoms with Gasteiger partial charge in [0.05, 0.1) is 6.04 Å². The molecule has 0 aromatic heterocycles. The molecular formula is C30H51N5O5. The summed E-state index contributed by atoms with van der Waals surface area (Å²) in [5, 5.41) is 8.54. The molecule has 4 atom stereocenters. The summed E-state index contributed by atoms with van der Waals surface area (Å²) in [4.78, 5) is 67.1. The van der Waals surface area contributed by atoms with Crippen molar-refractivity contribution < 1.29 is 24.0 Å². The molecule has 1 unspecified atom stereocenters. The van der Waals surface area contributed by atoms with Crippen molar-refractivity contribution in [1.29, 1.82) is 0 Å². The van der Waals surface area contributed by atoms with Crippen LogP contribution in [0.2, 0.25) is 0 Å². The Morgan fingerprint density at radius 3 is 1.95 bits per heavy atom. The smallest absolute Gasteiger partial charge is 0.315 e. The number of primary amides is 1. The number of hydrogen-bond donors (Lipinski definition) is 4. The predicted molar refractivity (Wildman–Crippen MR) is 153 cm³/mol. The molecule has 2 aliphatic carbocycles. The van der Waals surface area contributed by atoms with Crippen molar-refractivity contribution in [3.8, 4) is 0 Å². The fourth-order valence-electron chi connectivity index (χ4n) is 6.36. The van der Waals surface area contributed by atoms with E-state index in [0.717, 1.165) is 38.5 Å². The average molecular weight is 562 g/mol. The zero-order valence-corrected chi connectivity index (χ0v) is 25.7. The van der Waals surface area contributed by atoms with Gasteiger partial charge in [-0.2, -0.15) is 0 Å². The quantitative estimate of drug-likeness (QED) is 0.319. The third-order valence-electron chi connectivity index (χ3n) is 9.59. The highest BCUT2D eigenvalue weighted by atomic mass is 16.2. The second kappa shape index (κ2) is 11.3. The summed E-state index contributed by atoms with van der Waals surface area (Å²) in [6.07, 6.45) is 6.87. The lowest BCUT2D eigenvalue weighted by molar-refractivity contribution is -0.143. The number of urea groups is 1. The van der Waals surface area contributed by atoms with Crippen molar-refractivity contribution >= 4 is 29.5 Å². The lowest BCUT2D eigenvalue weighted by Gasteiger charge is -2.51. The van der Waals surface area contributed by atoms with Gasteiger partial charge in [-0.1, -0.05) is 60.3 Å². The van der Waals surface area contributed by atoms with Gasteiger partial charge in [0, 0.05) is 12.1 Å². The zero-order valence-electron chi connectivity index (χ0n) is 25.7. The van der Waals surface area contributed by atoms with Crippen molar-refractivity contribution in [2.24, 2.45) is 27.9 Å². The van der Waals surface area contributed by atoms with E-state index in [0.29, 0.717) is 19.4 Å². The molecule has 0 spiro atoms. The van der Waals surface area contributed by atoms with Gasteiger partial charge in [0.15, 0.2) is 0 Å². The Labute approximate surface area is 239 Å². The molecule has 1 saturated heterocycles. The minimum Gasteiger partial charge on any atom is -0.363 e. The van der Waals surface area contributed by atoms with E-state index in [2.05, 4.69) is 29.8 Å². The molecule has 10 nitrogen and oxygen atoms in total. The van der Waals surface area contributed by atoms with Gasteiger partial charge in [0.1, 0.15) is 12.1 Å². The first-order valence-corrected chi connectivity index (χ1v) is 14.8. The maximum atomic E-state index is 14.3. The van der Waals surface area contributed by atoms with Crippen molar-refractivity contribution in [2.45, 2.75) is 130 Å². The summed E-state index contributed by atoms with van der Waals surface area (Å²) in [5.74, 6) is -2.41. The number of nitrogens with two attached hydrogens (primary N) is 1. The van der Waals surface area contributed by atoms with Gasteiger partial charge < -0.3 is 26.6 Å². The molecule has 40 heavy (non-hydrogen) atoms. The van der Waals surface area contributed by atoms with E-state index in [4.69, 9.17) is 5.73 Å². The normalized spacial score (nSPS) is 26.1. The molecule has 3 aliphatic rings. The molecule has 1 heterocycles. The van der Waals surface area contributed by atoms with Crippen LogP contribution in [0.3, 0.4) is 0 Å². The summed E-state index contributed by atoms with van der Waals surface area (Å²) in [5.41, 5.74) is 3.85. The molecule has 226 valence electrons. The Morgan fingerprint density at radius 2 is 1.52 bits per heavy atom. The van der Waals surface area contributed by atoms with Gasteiger partial charge >= 0.3 is 6.03 Å². The Bertz CT molecular complexity index is 1020. The maximum Gasteiger partial charge on any atom is 0.315 e. The molecule has 5 N–H and O–H groups in total. The van der Waals surface area contributed by atoms with Crippen LogP contribution < -0.4 is 21.7 Å². The summed E-state index contributed by atoms with van der Waals surface area (Å²) in [7, 11) is 0. The fourth-order valence-corrected chi connectivity index (χ4v) is 6.36. The van der Waals surface area contributed by atoms with Crippen molar-refractivity contribution in [3.63, 3.8) is 0 Å². The molecule has 3 rings (SSSR count). The standard InChI is InChI=1S/C30H51N5O5/c1-27(2,3)22(33-26(40)34-28(4,5)6)25(39)35-17-30(8,29(7)13-10-14-29)16-20(35)24(38)32-19(21(36)23(31)37)15-18-11-9-12-18/h18-20,22H,9-17H2,1-8H3,(H2,31,37)(H,32,38)(H2,33,34,40)/t19?,20-,22+,30+/m0/s1. The number of amides is 5. The number of carbonyl (C=O) groups is 5. The predicted octanol–water partition coefficient (Wildman–Crippen LogP) is 3.03. The lowest BCUT2D eigenvalue weighted by Crippen LogP contribution is -2.61. The molecule has 10 heteroatoms. The van der Waals surface area contributed by atoms with E-state index in [-0.39, 0.29) is 22.7 Å². The third-order valence-corrected chi connectivity index (χ3v) is 9.59. The highest BCUT2D eigenvalue weighted by Crippen LogP contribution is 2.58. The summed E-state index contributed by atoms with van der Waals surface area (Å²) in [6, 6.07) is -3.19. The van der Waals surface area contributed by atoms with Crippen LogP contribution in [-0.4, -0.2) is 64.6 Å². The molecule has 0 bridgehead atoms. The monoisotopic (exact) mass is 561 g/mol. The van der Waals surface area contributed by atoms with Crippen molar-refractivity contribution in [2.75, 3.05) is 6.54 Å². The summed E-state index contributed by atoms with van der Waals surface area (Å²) in [6.45, 7) is 15.9. The van der Waals surface area contributed by atoms with Gasteiger partial charge in [0.25, 0.3) is 5.91 Å². The number of nitrogens with one attached hydrogen (secondary N) is 3. The van der Waals surface area contributed by atoms with Crippen molar-refractivity contribution in [3.05, 3.63) is 0 Å². The maximum absolute atomic E-state index is 14.3. The van der Waals surface area contributed by atoms with Gasteiger partial charge in [-0.25, -0.2) is 4.79 Å². The number of carbonyl (C=O) groups excluding carboxylic acids is 5. The highest BCUT2D eigenvalue weighted by Gasteiger charge is 2.58. The second-order valence-corrected chi connectivity index (χ2v) is 15.1. The van der Waals surface area contributed by atoms with Gasteiger partial charge in [-0.05, 0) is 68.6 Å². The van der Waals surface area contributed by atoms with Crippen LogP contribution in [0.5, 0.6) is 0 Å². The first-order valence-electron chi connectivity index (χ1n) is 14.8. The Morgan fingerprint density at radius 1 is 0.925 bits per heavy atom. The van der Waals surface area contributed by atoms with E-state index >= 15 is 0 Å². The molecule has 0 radical (unpaired) electrons. The number of hydrogen-bond acceptors (Lipinski definition) is 5. The molecule has 0 aromatic carbocycles. The van der Waals surface area contributed by atoms with E-state index in [1.807, 2.05) is 41.5 Å². The van der Waals surface area contributed by atoms with Crippen LogP contribution in [0, 0.1) is 22.2 Å². The van der Waals surface area contributed by atoms with Gasteiger partial charge in [-0.3, -0.25) is 19.2 Å². The first kappa shape index (κ1) is 31.9. The van der Waals surface area contributed by atoms with E-state index in [1.54, 1.807) is 4.90 Å². The van der Waals surface area contributed by atoms with E-state index in [1.165, 1.54) is 0 Å². The molecule has 3 fully saturated rings. The molecular weight excluding hydrogens is 510 g/mol. The molecule has 0 aromatic rings. The topological polar surface area (TPSA) is 151 Å². The highest BCUT2D eigenvalue weighted by molar-refractivity contribution is 6.37. The minimum atomic E-state index is -1.07. The second-order valence-electron chi connectivity index (χ2n) is 15.1. The van der Waals surface area contributed by atoms with Crippen LogP contribution in [0.25, 0.3) is 0 Å². The molecule has 1 aliphatic heterocycles. The van der Waals surface area contributed by atoms with Crippen LogP contribution in [0.15, 0.2) is 0 Å². The largest absolute Gasteiger partial charge is 0.363 e. The molecule has 2 saturated carbocycles. The Balaban J connectivity index is 1.91. The van der Waals surface area contributed by atoms with Crippen LogP contribution in [0.4, 0.5) is 4.79 Å². The van der Waals surface area contributed by atoms with Gasteiger partial charge in [0.2, 0.25) is 17.6 Å². The number of rotatable bonds is 9. The fraction of sp³-hybridized carbons (Fsp3) is 0.833. The number of ketones is 1. The number of Topliss-reactive ketones (excluding diaryl/α,β-unsaturated/α-hetero) is 1. The Hall–Kier alpha value is -2.65. The minimum absolute atomic E-state index is 0.0246. The van der Waals surface area contributed by atoms with E-state index in [9.17, 15) is 24.0 Å². The first-order chi connectivity index (χ1) is 18.3. The zero-order chi connectivity index (χ0) is 30.3. The van der Waals surface area contributed by atoms with Crippen molar-refractivity contribution in [1.82, 2.24) is 20.9 Å². The van der Waals surface area contributed by atoms with Crippen LogP contribution in [0.1, 0.15) is 107 Å². The molecule has 5 amide bonds. The lowest BCUT2D eigenvalue weighted by atomic mass is 9.54. The SMILES string of the molecule is CC(C)(C)NC(=O)N[C@H](C(=O)N1C[C@](C)(C2(C)CCC2)C[C@H]1C(=O)NC(CC1CCC1)C(=O)C(N)=O)C(C)(C)C. The van der Waals surface area contributed by atoms with Crippen LogP contribution in [-0.2, 0) is 19.2 Å². The third kappa shape index (κ3) is 6.97.